The molecule has 1 aromatic heterocycles. The molecule has 10 heteroatoms. The van der Waals surface area contributed by atoms with Crippen molar-refractivity contribution in [2.24, 2.45) is 23.7 Å². The molecule has 154 valence electrons. The Labute approximate surface area is 185 Å². The van der Waals surface area contributed by atoms with E-state index >= 15 is 0 Å². The van der Waals surface area contributed by atoms with Gasteiger partial charge in [-0.3, -0.25) is 24.6 Å². The van der Waals surface area contributed by atoms with Crippen LogP contribution in [0.25, 0.3) is 0 Å². The Morgan fingerprint density at radius 1 is 1.13 bits per heavy atom. The molecule has 5 rings (SSSR count). The highest BCUT2D eigenvalue weighted by molar-refractivity contribution is 8.00. The SMILES string of the molecule is O=C(CN1C(=O)[C@H]2[C@H](C1=O)[C@H]1C=C[C@H]2C1)Nc1nnc(SCc2ccc(Cl)cc2)s1. The van der Waals surface area contributed by atoms with Crippen LogP contribution in [0.4, 0.5) is 5.13 Å². The van der Waals surface area contributed by atoms with Crippen molar-refractivity contribution in [3.05, 3.63) is 47.0 Å². The number of nitrogens with one attached hydrogen (secondary N) is 1. The lowest BCUT2D eigenvalue weighted by Crippen LogP contribution is -2.39. The van der Waals surface area contributed by atoms with E-state index in [2.05, 4.69) is 15.5 Å². The van der Waals surface area contributed by atoms with Crippen LogP contribution in [0.5, 0.6) is 0 Å². The number of carbonyl (C=O) groups is 3. The third-order valence-corrected chi connectivity index (χ3v) is 8.09. The van der Waals surface area contributed by atoms with Gasteiger partial charge in [0, 0.05) is 10.8 Å². The zero-order valence-electron chi connectivity index (χ0n) is 15.7. The highest BCUT2D eigenvalue weighted by Crippen LogP contribution is 2.52. The summed E-state index contributed by atoms with van der Waals surface area (Å²) in [6, 6.07) is 7.56. The Hall–Kier alpha value is -2.23. The van der Waals surface area contributed by atoms with Gasteiger partial charge in [-0.15, -0.1) is 10.2 Å². The quantitative estimate of drug-likeness (QED) is 0.308. The first-order valence-corrected chi connectivity index (χ1v) is 11.7. The summed E-state index contributed by atoms with van der Waals surface area (Å²) in [5.41, 5.74) is 1.10. The molecule has 1 aromatic carbocycles. The summed E-state index contributed by atoms with van der Waals surface area (Å²) in [7, 11) is 0. The van der Waals surface area contributed by atoms with E-state index in [4.69, 9.17) is 11.6 Å². The van der Waals surface area contributed by atoms with E-state index < -0.39 is 5.91 Å². The number of hydrogen-bond acceptors (Lipinski definition) is 7. The van der Waals surface area contributed by atoms with Gasteiger partial charge in [0.2, 0.25) is 22.9 Å². The third-order valence-electron chi connectivity index (χ3n) is 5.79. The lowest BCUT2D eigenvalue weighted by Gasteiger charge is -2.16. The number of hydrogen-bond donors (Lipinski definition) is 1. The second kappa shape index (κ2) is 7.79. The van der Waals surface area contributed by atoms with Crippen molar-refractivity contribution in [2.45, 2.75) is 16.5 Å². The number of aromatic nitrogens is 2. The van der Waals surface area contributed by atoms with Gasteiger partial charge in [-0.25, -0.2) is 0 Å². The van der Waals surface area contributed by atoms with Crippen LogP contribution in [-0.2, 0) is 20.1 Å². The first kappa shape index (κ1) is 19.7. The molecule has 1 aliphatic heterocycles. The van der Waals surface area contributed by atoms with Crippen molar-refractivity contribution in [3.63, 3.8) is 0 Å². The lowest BCUT2D eigenvalue weighted by molar-refractivity contribution is -0.143. The van der Waals surface area contributed by atoms with Crippen LogP contribution in [0.15, 0.2) is 40.8 Å². The number of nitrogens with zero attached hydrogens (tertiary/aromatic N) is 3. The highest BCUT2D eigenvalue weighted by Gasteiger charge is 2.59. The van der Waals surface area contributed by atoms with Crippen LogP contribution >= 0.6 is 34.7 Å². The van der Waals surface area contributed by atoms with Crippen LogP contribution < -0.4 is 5.32 Å². The molecule has 0 spiro atoms. The molecule has 2 aliphatic carbocycles. The molecule has 0 unspecified atom stereocenters. The first-order valence-electron chi connectivity index (χ1n) is 9.54. The van der Waals surface area contributed by atoms with E-state index in [1.807, 2.05) is 36.4 Å². The molecule has 30 heavy (non-hydrogen) atoms. The summed E-state index contributed by atoms with van der Waals surface area (Å²) in [4.78, 5) is 38.9. The van der Waals surface area contributed by atoms with E-state index in [1.165, 1.54) is 23.1 Å². The predicted octanol–water partition coefficient (Wildman–Crippen LogP) is 3.23. The number of anilines is 1. The molecule has 1 saturated heterocycles. The zero-order valence-corrected chi connectivity index (χ0v) is 18.0. The Balaban J connectivity index is 1.16. The number of fused-ring (bicyclic) bond motifs is 5. The van der Waals surface area contributed by atoms with Gasteiger partial charge >= 0.3 is 0 Å². The van der Waals surface area contributed by atoms with Crippen molar-refractivity contribution >= 4 is 57.6 Å². The first-order chi connectivity index (χ1) is 14.5. The number of amides is 3. The van der Waals surface area contributed by atoms with E-state index in [9.17, 15) is 14.4 Å². The fourth-order valence-electron chi connectivity index (χ4n) is 4.47. The summed E-state index contributed by atoms with van der Waals surface area (Å²) in [6.07, 6.45) is 4.93. The number of allylic oxidation sites excluding steroid dienone is 2. The van der Waals surface area contributed by atoms with E-state index in [0.717, 1.165) is 16.9 Å². The van der Waals surface area contributed by atoms with Crippen LogP contribution in [0.3, 0.4) is 0 Å². The molecule has 1 N–H and O–H groups in total. The Morgan fingerprint density at radius 2 is 1.80 bits per heavy atom. The monoisotopic (exact) mass is 460 g/mol. The maximum absolute atomic E-state index is 12.7. The number of imide groups is 1. The molecule has 2 aromatic rings. The smallest absolute Gasteiger partial charge is 0.246 e. The molecule has 2 bridgehead atoms. The van der Waals surface area contributed by atoms with Crippen molar-refractivity contribution in [3.8, 4) is 0 Å². The molecule has 4 atom stereocenters. The van der Waals surface area contributed by atoms with E-state index in [1.54, 1.807) is 0 Å². The van der Waals surface area contributed by atoms with Crippen LogP contribution in [0, 0.1) is 23.7 Å². The topological polar surface area (TPSA) is 92.3 Å². The van der Waals surface area contributed by atoms with Crippen LogP contribution in [0.2, 0.25) is 5.02 Å². The van der Waals surface area contributed by atoms with E-state index in [0.29, 0.717) is 20.2 Å². The average molecular weight is 461 g/mol. The molecule has 1 saturated carbocycles. The largest absolute Gasteiger partial charge is 0.299 e. The molecule has 2 heterocycles. The van der Waals surface area contributed by atoms with Crippen LogP contribution in [0.1, 0.15) is 12.0 Å². The lowest BCUT2D eigenvalue weighted by atomic mass is 9.85. The van der Waals surface area contributed by atoms with Gasteiger partial charge in [-0.05, 0) is 36.0 Å². The third kappa shape index (κ3) is 3.55. The predicted molar refractivity (Wildman–Crippen MR) is 114 cm³/mol. The number of benzene rings is 1. The standard InChI is InChI=1S/C20H17ClN4O3S2/c21-13-5-1-10(2-6-13)9-29-20-24-23-19(30-20)22-14(26)8-25-17(27)15-11-3-4-12(7-11)16(15)18(25)28/h1-6,11-12,15-16H,7-9H2,(H,22,23,26)/t11-,12-,15+,16+/m0/s1. The average Bonchev–Trinajstić information content (AvgIpc) is 3.49. The van der Waals surface area contributed by atoms with Gasteiger partial charge in [0.25, 0.3) is 0 Å². The summed E-state index contributed by atoms with van der Waals surface area (Å²) >= 11 is 8.65. The number of likely N-dealkylation sites (tertiary alicyclic amines) is 1. The highest BCUT2D eigenvalue weighted by atomic mass is 35.5. The minimum absolute atomic E-state index is 0.132. The number of rotatable bonds is 6. The molecular weight excluding hydrogens is 444 g/mol. The number of carbonyl (C=O) groups excluding carboxylic acids is 3. The summed E-state index contributed by atoms with van der Waals surface area (Å²) < 4.78 is 0.714. The van der Waals surface area contributed by atoms with Gasteiger partial charge in [0.05, 0.1) is 11.8 Å². The second-order valence-corrected chi connectivity index (χ2v) is 10.2. The maximum Gasteiger partial charge on any atom is 0.246 e. The number of halogens is 1. The minimum atomic E-state index is -0.442. The molecule has 0 radical (unpaired) electrons. The molecular formula is C20H17ClN4O3S2. The van der Waals surface area contributed by atoms with Gasteiger partial charge in [-0.1, -0.05) is 59.0 Å². The summed E-state index contributed by atoms with van der Waals surface area (Å²) in [6.45, 7) is -0.281. The summed E-state index contributed by atoms with van der Waals surface area (Å²) in [5, 5.41) is 11.7. The van der Waals surface area contributed by atoms with Crippen molar-refractivity contribution in [1.29, 1.82) is 0 Å². The van der Waals surface area contributed by atoms with E-state index in [-0.39, 0.29) is 42.0 Å². The van der Waals surface area contributed by atoms with Gasteiger partial charge in [-0.2, -0.15) is 0 Å². The fourth-order valence-corrected chi connectivity index (χ4v) is 6.32. The molecule has 7 nitrogen and oxygen atoms in total. The Morgan fingerprint density at radius 3 is 2.47 bits per heavy atom. The normalized spacial score (nSPS) is 26.5. The van der Waals surface area contributed by atoms with Crippen LogP contribution in [-0.4, -0.2) is 39.4 Å². The Bertz CT molecular complexity index is 1020. The van der Waals surface area contributed by atoms with Gasteiger partial charge in [0.15, 0.2) is 4.34 Å². The second-order valence-electron chi connectivity index (χ2n) is 7.60. The molecule has 3 amide bonds. The van der Waals surface area contributed by atoms with Gasteiger partial charge in [0.1, 0.15) is 6.54 Å². The Kier molecular flexibility index (Phi) is 5.12. The van der Waals surface area contributed by atoms with Crippen molar-refractivity contribution in [2.75, 3.05) is 11.9 Å². The molecule has 3 aliphatic rings. The fraction of sp³-hybridized carbons (Fsp3) is 0.350. The number of thioether (sulfide) groups is 1. The molecule has 2 fully saturated rings. The summed E-state index contributed by atoms with van der Waals surface area (Å²) in [5.74, 6) is -0.518. The van der Waals surface area contributed by atoms with Gasteiger partial charge < -0.3 is 0 Å². The zero-order chi connectivity index (χ0) is 20.8. The minimum Gasteiger partial charge on any atom is -0.299 e. The van der Waals surface area contributed by atoms with Crippen molar-refractivity contribution in [1.82, 2.24) is 15.1 Å². The maximum atomic E-state index is 12.7. The van der Waals surface area contributed by atoms with Crippen molar-refractivity contribution < 1.29 is 14.4 Å².